The molecule has 0 bridgehead atoms. The van der Waals surface area contributed by atoms with E-state index in [2.05, 4.69) is 6.92 Å². The molecule has 3 nitrogen and oxygen atoms in total. The number of allylic oxidation sites excluding steroid dienone is 1. The lowest BCUT2D eigenvalue weighted by Crippen LogP contribution is -2.04. The summed E-state index contributed by atoms with van der Waals surface area (Å²) in [5, 5.41) is 1.11. The van der Waals surface area contributed by atoms with Crippen LogP contribution in [0.25, 0.3) is 0 Å². The van der Waals surface area contributed by atoms with Crippen LogP contribution in [0.2, 0.25) is 0 Å². The van der Waals surface area contributed by atoms with Crippen molar-refractivity contribution in [2.24, 2.45) is 0 Å². The molecule has 0 aromatic heterocycles. The first-order chi connectivity index (χ1) is 6.05. The Balaban J connectivity index is 2.55. The van der Waals surface area contributed by atoms with Gasteiger partial charge < -0.3 is 0 Å². The van der Waals surface area contributed by atoms with Gasteiger partial charge in [0.1, 0.15) is 5.75 Å². The van der Waals surface area contributed by atoms with Crippen LogP contribution in [-0.2, 0) is 14.6 Å². The van der Waals surface area contributed by atoms with Crippen LogP contribution in [0.4, 0.5) is 0 Å². The Morgan fingerprint density at radius 3 is 2.69 bits per heavy atom. The van der Waals surface area contributed by atoms with Crippen molar-refractivity contribution < 1.29 is 13.2 Å². The van der Waals surface area contributed by atoms with Crippen LogP contribution in [0, 0.1) is 0 Å². The van der Waals surface area contributed by atoms with Crippen molar-refractivity contribution in [3.05, 3.63) is 10.3 Å². The van der Waals surface area contributed by atoms with Gasteiger partial charge in [0.2, 0.25) is 0 Å². The fourth-order valence-corrected chi connectivity index (χ4v) is 3.72. The van der Waals surface area contributed by atoms with Gasteiger partial charge in [0.25, 0.3) is 0 Å². The van der Waals surface area contributed by atoms with Crippen LogP contribution in [0.5, 0.6) is 0 Å². The number of ketones is 1. The molecule has 0 aromatic rings. The molecule has 0 radical (unpaired) electrons. The highest BCUT2D eigenvalue weighted by Crippen LogP contribution is 2.25. The van der Waals surface area contributed by atoms with Crippen LogP contribution in [0.15, 0.2) is 10.3 Å². The number of Topliss-reactive ketones (excluding diaryl/α,β-unsaturated/α-hetero) is 1. The Hall–Kier alpha value is -0.290. The van der Waals surface area contributed by atoms with Gasteiger partial charge in [-0.15, -0.1) is 11.8 Å². The monoisotopic (exact) mass is 220 g/mol. The van der Waals surface area contributed by atoms with Gasteiger partial charge in [0.15, 0.2) is 15.6 Å². The van der Waals surface area contributed by atoms with Crippen LogP contribution >= 0.6 is 11.8 Å². The van der Waals surface area contributed by atoms with Crippen molar-refractivity contribution in [1.82, 2.24) is 0 Å². The topological polar surface area (TPSA) is 51.2 Å². The van der Waals surface area contributed by atoms with Gasteiger partial charge in [-0.1, -0.05) is 13.3 Å². The molecule has 0 N–H and O–H groups in total. The average molecular weight is 220 g/mol. The molecule has 5 heteroatoms. The quantitative estimate of drug-likeness (QED) is 0.671. The van der Waals surface area contributed by atoms with Gasteiger partial charge in [-0.25, -0.2) is 8.42 Å². The van der Waals surface area contributed by atoms with E-state index in [0.29, 0.717) is 4.91 Å². The first-order valence-corrected chi connectivity index (χ1v) is 6.85. The number of unbranched alkanes of at least 4 members (excludes halogenated alkanes) is 1. The summed E-state index contributed by atoms with van der Waals surface area (Å²) in [5.41, 5.74) is 0. The molecule has 1 rings (SSSR count). The minimum atomic E-state index is -3.21. The molecule has 1 heterocycles. The largest absolute Gasteiger partial charge is 0.292 e. The Morgan fingerprint density at radius 1 is 1.54 bits per heavy atom. The first-order valence-electron chi connectivity index (χ1n) is 4.15. The molecule has 0 atom stereocenters. The van der Waals surface area contributed by atoms with Gasteiger partial charge >= 0.3 is 0 Å². The summed E-state index contributed by atoms with van der Waals surface area (Å²) < 4.78 is 21.9. The Labute approximate surface area is 82.5 Å². The summed E-state index contributed by atoms with van der Waals surface area (Å²) in [6.45, 7) is 2.06. The molecule has 0 aromatic carbocycles. The van der Waals surface area contributed by atoms with Crippen LogP contribution in [0.1, 0.15) is 19.8 Å². The summed E-state index contributed by atoms with van der Waals surface area (Å²) in [5.74, 6) is 0.242. The van der Waals surface area contributed by atoms with Gasteiger partial charge in [-0.05, 0) is 12.2 Å². The van der Waals surface area contributed by atoms with Crippen molar-refractivity contribution in [1.29, 1.82) is 0 Å². The van der Waals surface area contributed by atoms with Crippen molar-refractivity contribution in [2.45, 2.75) is 19.8 Å². The summed E-state index contributed by atoms with van der Waals surface area (Å²) in [6, 6.07) is 0. The molecule has 1 aliphatic rings. The highest BCUT2D eigenvalue weighted by Gasteiger charge is 2.26. The highest BCUT2D eigenvalue weighted by molar-refractivity contribution is 8.06. The second-order valence-electron chi connectivity index (χ2n) is 2.91. The molecule has 0 fully saturated rings. The maximum Gasteiger partial charge on any atom is 0.185 e. The van der Waals surface area contributed by atoms with E-state index >= 15 is 0 Å². The second kappa shape index (κ2) is 4.28. The molecular formula is C8H12O3S2. The fraction of sp³-hybridized carbons (Fsp3) is 0.625. The Kier molecular flexibility index (Phi) is 3.55. The first kappa shape index (κ1) is 10.8. The molecular weight excluding hydrogens is 208 g/mol. The third-order valence-electron chi connectivity index (χ3n) is 1.65. The molecule has 74 valence electrons. The summed E-state index contributed by atoms with van der Waals surface area (Å²) >= 11 is 1.35. The number of hydrogen-bond acceptors (Lipinski definition) is 4. The van der Waals surface area contributed by atoms with Crippen LogP contribution in [0.3, 0.4) is 0 Å². The number of hydrogen-bond donors (Lipinski definition) is 0. The summed E-state index contributed by atoms with van der Waals surface area (Å²) in [7, 11) is -3.21. The van der Waals surface area contributed by atoms with Crippen molar-refractivity contribution in [3.63, 3.8) is 0 Å². The Bertz CT molecular complexity index is 327. The zero-order chi connectivity index (χ0) is 9.90. The average Bonchev–Trinajstić information content (AvgIpc) is 2.25. The van der Waals surface area contributed by atoms with E-state index in [1.807, 2.05) is 0 Å². The standard InChI is InChI=1S/C8H12O3S2/c1-2-3-4-12-8-6-13(10,11)5-7(8)9/h6H,2-5H2,1H3. The van der Waals surface area contributed by atoms with Crippen molar-refractivity contribution >= 4 is 27.4 Å². The van der Waals surface area contributed by atoms with Gasteiger partial charge in [-0.3, -0.25) is 4.79 Å². The zero-order valence-electron chi connectivity index (χ0n) is 7.45. The maximum atomic E-state index is 11.1. The highest BCUT2D eigenvalue weighted by atomic mass is 32.2. The molecule has 1 aliphatic heterocycles. The molecule has 0 aliphatic carbocycles. The van der Waals surface area contributed by atoms with E-state index in [1.165, 1.54) is 11.8 Å². The number of carbonyl (C=O) groups excluding carboxylic acids is 1. The SMILES string of the molecule is CCCCSC1=CS(=O)(=O)CC1=O. The van der Waals surface area contributed by atoms with E-state index in [0.717, 1.165) is 24.0 Å². The van der Waals surface area contributed by atoms with E-state index in [1.54, 1.807) is 0 Å². The third kappa shape index (κ3) is 3.15. The minimum Gasteiger partial charge on any atom is -0.292 e. The number of thioether (sulfide) groups is 1. The number of carbonyl (C=O) groups is 1. The smallest absolute Gasteiger partial charge is 0.185 e. The molecule has 13 heavy (non-hydrogen) atoms. The molecule has 0 saturated heterocycles. The van der Waals surface area contributed by atoms with Gasteiger partial charge in [0, 0.05) is 5.41 Å². The normalized spacial score (nSPS) is 20.4. The van der Waals surface area contributed by atoms with Crippen LogP contribution < -0.4 is 0 Å². The minimum absolute atomic E-state index is 0.249. The summed E-state index contributed by atoms with van der Waals surface area (Å²) in [4.78, 5) is 11.5. The molecule has 0 spiro atoms. The maximum absolute atomic E-state index is 11.1. The predicted octanol–water partition coefficient (Wildman–Crippen LogP) is 1.36. The fourth-order valence-electron chi connectivity index (χ4n) is 0.965. The number of sulfone groups is 1. The Morgan fingerprint density at radius 2 is 2.23 bits per heavy atom. The summed E-state index contributed by atoms with van der Waals surface area (Å²) in [6.07, 6.45) is 2.07. The predicted molar refractivity (Wildman–Crippen MR) is 54.2 cm³/mol. The lowest BCUT2D eigenvalue weighted by molar-refractivity contribution is -0.112. The van der Waals surface area contributed by atoms with Gasteiger partial charge in [-0.2, -0.15) is 0 Å². The third-order valence-corrected chi connectivity index (χ3v) is 4.21. The van der Waals surface area contributed by atoms with Crippen molar-refractivity contribution in [3.8, 4) is 0 Å². The lowest BCUT2D eigenvalue weighted by Gasteiger charge is -1.96. The molecule has 0 amide bonds. The van der Waals surface area contributed by atoms with E-state index in [9.17, 15) is 13.2 Å². The lowest BCUT2D eigenvalue weighted by atomic mass is 10.4. The molecule has 0 unspecified atom stereocenters. The van der Waals surface area contributed by atoms with E-state index in [-0.39, 0.29) is 11.5 Å². The molecule has 0 saturated carbocycles. The van der Waals surface area contributed by atoms with E-state index < -0.39 is 9.84 Å². The van der Waals surface area contributed by atoms with Crippen molar-refractivity contribution in [2.75, 3.05) is 11.5 Å². The van der Waals surface area contributed by atoms with Crippen LogP contribution in [-0.4, -0.2) is 25.7 Å². The zero-order valence-corrected chi connectivity index (χ0v) is 9.08. The second-order valence-corrected chi connectivity index (χ2v) is 5.90. The number of rotatable bonds is 4. The van der Waals surface area contributed by atoms with E-state index in [4.69, 9.17) is 0 Å². The van der Waals surface area contributed by atoms with Gasteiger partial charge in [0.05, 0.1) is 4.91 Å².